The summed E-state index contributed by atoms with van der Waals surface area (Å²) < 4.78 is 15.4. The lowest BCUT2D eigenvalue weighted by Crippen LogP contribution is -2.16. The first-order valence-electron chi connectivity index (χ1n) is 23.2. The van der Waals surface area contributed by atoms with Crippen LogP contribution >= 0.6 is 11.3 Å². The Morgan fingerprint density at radius 2 is 0.912 bits per heavy atom. The highest BCUT2D eigenvalue weighted by molar-refractivity contribution is 7.26. The number of benzene rings is 10. The molecule has 5 heteroatoms. The number of thiophene rings is 1. The van der Waals surface area contributed by atoms with Gasteiger partial charge < -0.3 is 18.6 Å². The van der Waals surface area contributed by atoms with Gasteiger partial charge in [0, 0.05) is 71.2 Å². The van der Waals surface area contributed by atoms with Gasteiger partial charge in [0.25, 0.3) is 0 Å². The number of nitrogens with zero attached hydrogens (tertiary/aromatic N) is 2. The van der Waals surface area contributed by atoms with Gasteiger partial charge in [-0.15, -0.1) is 11.3 Å². The molecule has 1 aliphatic rings. The summed E-state index contributed by atoms with van der Waals surface area (Å²) in [5.41, 5.74) is 17.4. The van der Waals surface area contributed by atoms with E-state index in [1.807, 2.05) is 29.5 Å². The van der Waals surface area contributed by atoms with E-state index in [-0.39, 0.29) is 5.41 Å². The first kappa shape index (κ1) is 38.8. The van der Waals surface area contributed by atoms with Gasteiger partial charge in [-0.05, 0) is 118 Å². The first-order chi connectivity index (χ1) is 33.5. The molecule has 0 N–H and O–H groups in total. The monoisotopic (exact) mass is 890 g/mol. The summed E-state index contributed by atoms with van der Waals surface area (Å²) in [5.74, 6) is 0. The molecule has 0 atom stereocenters. The largest absolute Gasteiger partial charge is 0.456 e. The fourth-order valence-corrected chi connectivity index (χ4v) is 12.2. The number of hydrogen-bond acceptors (Lipinski definition) is 5. The molecule has 68 heavy (non-hydrogen) atoms. The standard InChI is InChI=1S/C63H42N2O2S/c1-63(2)52-20-10-6-16-45(52)46-31-28-43(37-53(46)63)65(44-29-32-49-47-17-7-11-21-56(47)67-59(49)38-44)55-34-33-54(61-50-19-9-13-23-60(50)68-62(55)61)64(41-26-24-40(25-27-41)39-14-4-3-5-15-39)42-30-35-58-51(36-42)48-18-8-12-22-57(48)66-58/h3-38H,1-2H3. The minimum absolute atomic E-state index is 0.176. The number of furan rings is 2. The van der Waals surface area contributed by atoms with Crippen molar-refractivity contribution in [2.45, 2.75) is 19.3 Å². The van der Waals surface area contributed by atoms with Gasteiger partial charge in [-0.1, -0.05) is 141 Å². The van der Waals surface area contributed by atoms with Gasteiger partial charge >= 0.3 is 0 Å². The molecule has 0 bridgehead atoms. The molecule has 1 aliphatic carbocycles. The van der Waals surface area contributed by atoms with Crippen molar-refractivity contribution in [2.75, 3.05) is 9.80 Å². The van der Waals surface area contributed by atoms with E-state index in [1.165, 1.54) is 53.6 Å². The molecule has 0 radical (unpaired) electrons. The zero-order chi connectivity index (χ0) is 45.1. The van der Waals surface area contributed by atoms with E-state index in [0.717, 1.165) is 78.0 Å². The maximum atomic E-state index is 6.60. The maximum absolute atomic E-state index is 6.60. The van der Waals surface area contributed by atoms with E-state index in [0.29, 0.717) is 0 Å². The second-order valence-electron chi connectivity index (χ2n) is 18.4. The van der Waals surface area contributed by atoms with E-state index in [9.17, 15) is 0 Å². The van der Waals surface area contributed by atoms with Crippen LogP contribution in [0.4, 0.5) is 34.1 Å². The fourth-order valence-electron chi connectivity index (χ4n) is 11.0. The van der Waals surface area contributed by atoms with E-state index >= 15 is 0 Å². The average molecular weight is 891 g/mol. The van der Waals surface area contributed by atoms with Crippen LogP contribution in [0.15, 0.2) is 227 Å². The molecule has 0 saturated heterocycles. The molecular weight excluding hydrogens is 849 g/mol. The second-order valence-corrected chi connectivity index (χ2v) is 19.5. The highest BCUT2D eigenvalue weighted by Crippen LogP contribution is 2.54. The van der Waals surface area contributed by atoms with Crippen LogP contribution in [0.2, 0.25) is 0 Å². The quantitative estimate of drug-likeness (QED) is 0.160. The van der Waals surface area contributed by atoms with Crippen LogP contribution in [-0.4, -0.2) is 0 Å². The van der Waals surface area contributed by atoms with Crippen molar-refractivity contribution >= 4 is 110 Å². The third-order valence-electron chi connectivity index (χ3n) is 14.3. The summed E-state index contributed by atoms with van der Waals surface area (Å²) in [6.07, 6.45) is 0. The molecule has 3 heterocycles. The Labute approximate surface area is 397 Å². The highest BCUT2D eigenvalue weighted by atomic mass is 32.1. The lowest BCUT2D eigenvalue weighted by atomic mass is 9.82. The molecule has 0 fully saturated rings. The summed E-state index contributed by atoms with van der Waals surface area (Å²) in [7, 11) is 0. The Hall–Kier alpha value is -8.38. The highest BCUT2D eigenvalue weighted by Gasteiger charge is 2.36. The van der Waals surface area contributed by atoms with Crippen LogP contribution in [0, 0.1) is 0 Å². The predicted molar refractivity (Wildman–Crippen MR) is 286 cm³/mol. The van der Waals surface area contributed by atoms with Crippen LogP contribution in [0.5, 0.6) is 0 Å². The summed E-state index contributed by atoms with van der Waals surface area (Å²) in [6, 6.07) is 79.0. The van der Waals surface area contributed by atoms with E-state index in [1.54, 1.807) is 0 Å². The molecule has 14 rings (SSSR count). The Balaban J connectivity index is 1.02. The van der Waals surface area contributed by atoms with Crippen molar-refractivity contribution in [3.05, 3.63) is 230 Å². The fraction of sp³-hybridized carbons (Fsp3) is 0.0476. The zero-order valence-corrected chi connectivity index (χ0v) is 38.2. The van der Waals surface area contributed by atoms with Gasteiger partial charge in [-0.3, -0.25) is 0 Å². The minimum Gasteiger partial charge on any atom is -0.456 e. The van der Waals surface area contributed by atoms with E-state index in [2.05, 4.69) is 224 Å². The molecule has 3 aromatic heterocycles. The molecule has 0 spiro atoms. The van der Waals surface area contributed by atoms with Gasteiger partial charge in [-0.2, -0.15) is 0 Å². The zero-order valence-electron chi connectivity index (χ0n) is 37.4. The summed E-state index contributed by atoms with van der Waals surface area (Å²) in [4.78, 5) is 4.89. The average Bonchev–Trinajstić information content (AvgIpc) is 4.13. The van der Waals surface area contributed by atoms with Crippen LogP contribution in [-0.2, 0) is 5.41 Å². The van der Waals surface area contributed by atoms with Crippen molar-refractivity contribution in [2.24, 2.45) is 0 Å². The lowest BCUT2D eigenvalue weighted by molar-refractivity contribution is 0.660. The maximum Gasteiger partial charge on any atom is 0.137 e. The Morgan fingerprint density at radius 3 is 1.74 bits per heavy atom. The van der Waals surface area contributed by atoms with Crippen molar-refractivity contribution in [3.8, 4) is 22.3 Å². The number of para-hydroxylation sites is 2. The van der Waals surface area contributed by atoms with Gasteiger partial charge in [0.05, 0.1) is 16.1 Å². The molecule has 13 aromatic rings. The van der Waals surface area contributed by atoms with Crippen LogP contribution < -0.4 is 9.80 Å². The summed E-state index contributed by atoms with van der Waals surface area (Å²) in [5, 5.41) is 6.81. The third kappa shape index (κ3) is 5.86. The smallest absolute Gasteiger partial charge is 0.137 e. The Kier molecular flexibility index (Phi) is 8.46. The van der Waals surface area contributed by atoms with Crippen molar-refractivity contribution in [1.82, 2.24) is 0 Å². The van der Waals surface area contributed by atoms with Crippen LogP contribution in [0.1, 0.15) is 25.0 Å². The lowest BCUT2D eigenvalue weighted by Gasteiger charge is -2.30. The van der Waals surface area contributed by atoms with Crippen LogP contribution in [0.25, 0.3) is 86.3 Å². The number of anilines is 6. The number of rotatable bonds is 7. The molecule has 0 aliphatic heterocycles. The first-order valence-corrected chi connectivity index (χ1v) is 24.0. The van der Waals surface area contributed by atoms with Crippen LogP contribution in [0.3, 0.4) is 0 Å². The van der Waals surface area contributed by atoms with Gasteiger partial charge in [-0.25, -0.2) is 0 Å². The Bertz CT molecular complexity index is 4140. The molecule has 10 aromatic carbocycles. The van der Waals surface area contributed by atoms with E-state index in [4.69, 9.17) is 8.83 Å². The second kappa shape index (κ2) is 14.8. The number of fused-ring (bicyclic) bond motifs is 12. The van der Waals surface area contributed by atoms with Crippen molar-refractivity contribution in [3.63, 3.8) is 0 Å². The topological polar surface area (TPSA) is 32.8 Å². The molecule has 0 saturated carbocycles. The summed E-state index contributed by atoms with van der Waals surface area (Å²) >= 11 is 1.85. The van der Waals surface area contributed by atoms with Crippen molar-refractivity contribution in [1.29, 1.82) is 0 Å². The van der Waals surface area contributed by atoms with Gasteiger partial charge in [0.2, 0.25) is 0 Å². The van der Waals surface area contributed by atoms with E-state index < -0.39 is 0 Å². The van der Waals surface area contributed by atoms with Gasteiger partial charge in [0.1, 0.15) is 22.3 Å². The normalized spacial score (nSPS) is 13.0. The molecular formula is C63H42N2O2S. The molecule has 0 unspecified atom stereocenters. The summed E-state index contributed by atoms with van der Waals surface area (Å²) in [6.45, 7) is 4.71. The predicted octanol–water partition coefficient (Wildman–Crippen LogP) is 18.8. The third-order valence-corrected chi connectivity index (χ3v) is 15.5. The molecule has 322 valence electrons. The molecule has 4 nitrogen and oxygen atoms in total. The number of hydrogen-bond donors (Lipinski definition) is 0. The molecule has 0 amide bonds. The van der Waals surface area contributed by atoms with Crippen molar-refractivity contribution < 1.29 is 8.83 Å². The minimum atomic E-state index is -0.176. The Morgan fingerprint density at radius 1 is 0.368 bits per heavy atom. The SMILES string of the molecule is CC1(C)c2ccccc2-c2ccc(N(c3ccc4c(c3)oc3ccccc34)c3ccc(N(c4ccc(-c5ccccc5)cc4)c4ccc5oc6ccccc6c5c4)c4c3sc3ccccc34)cc21. The van der Waals surface area contributed by atoms with Gasteiger partial charge in [0.15, 0.2) is 0 Å².